The minimum absolute atomic E-state index is 0.654. The summed E-state index contributed by atoms with van der Waals surface area (Å²) in [5.41, 5.74) is 0. The summed E-state index contributed by atoms with van der Waals surface area (Å²) in [4.78, 5) is 5.03. The number of amidine groups is 1. The maximum Gasteiger partial charge on any atom is 0.157 e. The number of thioether (sulfide) groups is 1. The lowest BCUT2D eigenvalue weighted by atomic mass is 9.86. The van der Waals surface area contributed by atoms with Crippen molar-refractivity contribution in [1.29, 1.82) is 0 Å². The van der Waals surface area contributed by atoms with Crippen LogP contribution in [0.2, 0.25) is 0 Å². The van der Waals surface area contributed by atoms with Crippen molar-refractivity contribution in [3.8, 4) is 0 Å². The van der Waals surface area contributed by atoms with Crippen LogP contribution in [0.1, 0.15) is 51.4 Å². The van der Waals surface area contributed by atoms with Gasteiger partial charge < -0.3 is 5.32 Å². The molecule has 3 aliphatic carbocycles. The smallest absolute Gasteiger partial charge is 0.157 e. The summed E-state index contributed by atoms with van der Waals surface area (Å²) in [6.07, 6.45) is 11.4. The molecule has 0 amide bonds. The van der Waals surface area contributed by atoms with Gasteiger partial charge in [0.05, 0.1) is 6.04 Å². The lowest BCUT2D eigenvalue weighted by Crippen LogP contribution is -2.41. The highest BCUT2D eigenvalue weighted by Gasteiger charge is 2.42. The van der Waals surface area contributed by atoms with E-state index in [1.165, 1.54) is 62.3 Å². The second-order valence-corrected chi connectivity index (χ2v) is 7.71. The Morgan fingerprint density at radius 3 is 2.44 bits per heavy atom. The van der Waals surface area contributed by atoms with Crippen molar-refractivity contribution in [1.82, 2.24) is 5.32 Å². The van der Waals surface area contributed by atoms with Crippen molar-refractivity contribution in [2.75, 3.05) is 5.75 Å². The van der Waals surface area contributed by atoms with E-state index in [4.69, 9.17) is 4.99 Å². The van der Waals surface area contributed by atoms with Gasteiger partial charge in [0.2, 0.25) is 0 Å². The first kappa shape index (κ1) is 11.6. The van der Waals surface area contributed by atoms with Gasteiger partial charge in [0, 0.05) is 11.8 Å². The normalized spacial score (nSPS) is 36.2. The fourth-order valence-corrected chi connectivity index (χ4v) is 4.87. The van der Waals surface area contributed by atoms with E-state index in [-0.39, 0.29) is 0 Å². The van der Waals surface area contributed by atoms with Crippen LogP contribution in [-0.4, -0.2) is 23.0 Å². The summed E-state index contributed by atoms with van der Waals surface area (Å²) in [7, 11) is 0. The highest BCUT2D eigenvalue weighted by Crippen LogP contribution is 2.45. The van der Waals surface area contributed by atoms with Gasteiger partial charge in [-0.05, 0) is 56.3 Å². The Labute approximate surface area is 114 Å². The van der Waals surface area contributed by atoms with Gasteiger partial charge >= 0.3 is 0 Å². The Kier molecular flexibility index (Phi) is 3.06. The lowest BCUT2D eigenvalue weighted by molar-refractivity contribution is 0.334. The van der Waals surface area contributed by atoms with Crippen LogP contribution in [0.15, 0.2) is 4.99 Å². The zero-order chi connectivity index (χ0) is 11.9. The molecule has 4 aliphatic rings. The largest absolute Gasteiger partial charge is 0.362 e. The van der Waals surface area contributed by atoms with Gasteiger partial charge in [-0.3, -0.25) is 4.99 Å². The zero-order valence-electron chi connectivity index (χ0n) is 11.1. The van der Waals surface area contributed by atoms with E-state index in [1.807, 2.05) is 11.8 Å². The van der Waals surface area contributed by atoms with Crippen molar-refractivity contribution in [3.05, 3.63) is 0 Å². The molecule has 1 aliphatic heterocycles. The Morgan fingerprint density at radius 1 is 1.00 bits per heavy atom. The highest BCUT2D eigenvalue weighted by atomic mass is 32.2. The number of aliphatic imine (C=N–C) groups is 1. The van der Waals surface area contributed by atoms with Crippen LogP contribution < -0.4 is 5.32 Å². The summed E-state index contributed by atoms with van der Waals surface area (Å²) in [6.45, 7) is 0. The summed E-state index contributed by atoms with van der Waals surface area (Å²) in [5, 5.41) is 5.12. The van der Waals surface area contributed by atoms with E-state index < -0.39 is 0 Å². The molecule has 3 saturated carbocycles. The Hall–Kier alpha value is -0.180. The molecule has 18 heavy (non-hydrogen) atoms. The second-order valence-electron chi connectivity index (χ2n) is 6.70. The van der Waals surface area contributed by atoms with E-state index in [1.54, 1.807) is 0 Å². The van der Waals surface area contributed by atoms with Gasteiger partial charge in [0.1, 0.15) is 0 Å². The molecule has 1 heterocycles. The summed E-state index contributed by atoms with van der Waals surface area (Å²) >= 11 is 2.01. The van der Waals surface area contributed by atoms with Crippen molar-refractivity contribution < 1.29 is 0 Å². The van der Waals surface area contributed by atoms with E-state index in [0.29, 0.717) is 6.04 Å². The SMILES string of the molecule is C1CCC2N=C(NC(C3CC3)C3CC3)SCC2C1. The average Bonchev–Trinajstić information content (AvgIpc) is 3.29. The molecule has 0 bridgehead atoms. The number of hydrogen-bond acceptors (Lipinski definition) is 3. The van der Waals surface area contributed by atoms with Gasteiger partial charge in [-0.2, -0.15) is 0 Å². The maximum atomic E-state index is 5.03. The predicted octanol–water partition coefficient (Wildman–Crippen LogP) is 3.43. The van der Waals surface area contributed by atoms with E-state index in [2.05, 4.69) is 5.32 Å². The summed E-state index contributed by atoms with van der Waals surface area (Å²) in [5.74, 6) is 4.16. The minimum Gasteiger partial charge on any atom is -0.362 e. The van der Waals surface area contributed by atoms with Gasteiger partial charge in [-0.1, -0.05) is 24.6 Å². The van der Waals surface area contributed by atoms with Crippen LogP contribution in [0.5, 0.6) is 0 Å². The molecule has 0 aromatic rings. The monoisotopic (exact) mass is 264 g/mol. The Balaban J connectivity index is 1.42. The van der Waals surface area contributed by atoms with Crippen molar-refractivity contribution >= 4 is 16.9 Å². The van der Waals surface area contributed by atoms with Crippen LogP contribution >= 0.6 is 11.8 Å². The molecular formula is C15H24N2S. The topological polar surface area (TPSA) is 24.4 Å². The first-order valence-corrected chi connectivity index (χ1v) is 8.86. The third kappa shape index (κ3) is 2.43. The molecule has 0 aromatic carbocycles. The van der Waals surface area contributed by atoms with Gasteiger partial charge in [0.15, 0.2) is 5.17 Å². The number of nitrogens with one attached hydrogen (secondary N) is 1. The number of hydrogen-bond donors (Lipinski definition) is 1. The summed E-state index contributed by atoms with van der Waals surface area (Å²) < 4.78 is 0. The number of nitrogens with zero attached hydrogens (tertiary/aromatic N) is 1. The highest BCUT2D eigenvalue weighted by molar-refractivity contribution is 8.13. The molecule has 2 nitrogen and oxygen atoms in total. The van der Waals surface area contributed by atoms with Crippen LogP contribution in [-0.2, 0) is 0 Å². The minimum atomic E-state index is 0.654. The molecule has 3 heteroatoms. The van der Waals surface area contributed by atoms with Gasteiger partial charge in [-0.15, -0.1) is 0 Å². The van der Waals surface area contributed by atoms with Crippen LogP contribution in [0.4, 0.5) is 0 Å². The zero-order valence-corrected chi connectivity index (χ0v) is 11.9. The van der Waals surface area contributed by atoms with Crippen molar-refractivity contribution in [3.63, 3.8) is 0 Å². The van der Waals surface area contributed by atoms with Crippen LogP contribution in [0.25, 0.3) is 0 Å². The first-order chi connectivity index (χ1) is 8.90. The number of fused-ring (bicyclic) bond motifs is 1. The first-order valence-electron chi connectivity index (χ1n) is 7.87. The van der Waals surface area contributed by atoms with Crippen molar-refractivity contribution in [2.24, 2.45) is 22.7 Å². The van der Waals surface area contributed by atoms with E-state index >= 15 is 0 Å². The van der Waals surface area contributed by atoms with E-state index in [0.717, 1.165) is 23.8 Å². The fraction of sp³-hybridized carbons (Fsp3) is 0.933. The Morgan fingerprint density at radius 2 is 1.72 bits per heavy atom. The molecule has 2 atom stereocenters. The molecule has 3 fully saturated rings. The lowest BCUT2D eigenvalue weighted by Gasteiger charge is -2.34. The quantitative estimate of drug-likeness (QED) is 0.844. The summed E-state index contributed by atoms with van der Waals surface area (Å²) in [6, 6.07) is 1.43. The molecule has 4 rings (SSSR count). The molecule has 0 aromatic heterocycles. The van der Waals surface area contributed by atoms with Crippen LogP contribution in [0, 0.1) is 17.8 Å². The average molecular weight is 264 g/mol. The standard InChI is InChI=1S/C15H24N2S/c1-2-4-13-12(3-1)9-18-15(16-13)17-14(10-5-6-10)11-7-8-11/h10-14H,1-9H2,(H,16,17). The predicted molar refractivity (Wildman–Crippen MR) is 78.0 cm³/mol. The van der Waals surface area contributed by atoms with Crippen LogP contribution in [0.3, 0.4) is 0 Å². The van der Waals surface area contributed by atoms with E-state index in [9.17, 15) is 0 Å². The molecule has 2 unspecified atom stereocenters. The third-order valence-corrected chi connectivity index (χ3v) is 6.23. The molecule has 0 saturated heterocycles. The molecule has 0 radical (unpaired) electrons. The molecule has 100 valence electrons. The second kappa shape index (κ2) is 4.73. The third-order valence-electron chi connectivity index (χ3n) is 5.14. The Bertz CT molecular complexity index is 334. The van der Waals surface area contributed by atoms with Gasteiger partial charge in [-0.25, -0.2) is 0 Å². The molecule has 1 N–H and O–H groups in total. The molecular weight excluding hydrogens is 240 g/mol. The number of rotatable bonds is 3. The molecule has 0 spiro atoms. The van der Waals surface area contributed by atoms with Gasteiger partial charge in [0.25, 0.3) is 0 Å². The maximum absolute atomic E-state index is 5.03. The van der Waals surface area contributed by atoms with Crippen molar-refractivity contribution in [2.45, 2.75) is 63.5 Å². The fourth-order valence-electron chi connectivity index (χ4n) is 3.68.